The Kier molecular flexibility index (Phi) is 6.20. The Hall–Kier alpha value is -2.89. The van der Waals surface area contributed by atoms with Crippen LogP contribution in [-0.4, -0.2) is 17.9 Å². The van der Waals surface area contributed by atoms with Crippen molar-refractivity contribution in [2.45, 2.75) is 59.4 Å². The standard InChI is InChI=1S/C23H28N2O4/c1-14(2)5-11-19-13-15(3)21(23(28)29-19)22(27)24-17-7-9-18(10-8-17)25-16(4)6-12-20(25)26/h7-10,13-14,16H,5-6,11-12H2,1-4H3,(H,24,27). The minimum atomic E-state index is -0.616. The molecule has 1 unspecified atom stereocenters. The summed E-state index contributed by atoms with van der Waals surface area (Å²) in [5, 5.41) is 2.75. The molecule has 0 bridgehead atoms. The lowest BCUT2D eigenvalue weighted by atomic mass is 10.0. The van der Waals surface area contributed by atoms with Gasteiger partial charge < -0.3 is 14.6 Å². The van der Waals surface area contributed by atoms with Crippen LogP contribution < -0.4 is 15.8 Å². The van der Waals surface area contributed by atoms with Gasteiger partial charge in [-0.05, 0) is 68.5 Å². The first-order chi connectivity index (χ1) is 13.8. The molecule has 1 aliphatic rings. The van der Waals surface area contributed by atoms with Gasteiger partial charge in [0.15, 0.2) is 0 Å². The van der Waals surface area contributed by atoms with Crippen molar-refractivity contribution in [3.05, 3.63) is 57.6 Å². The van der Waals surface area contributed by atoms with E-state index < -0.39 is 11.5 Å². The molecule has 3 rings (SSSR count). The second-order valence-corrected chi connectivity index (χ2v) is 8.14. The van der Waals surface area contributed by atoms with Gasteiger partial charge in [0.2, 0.25) is 5.91 Å². The largest absolute Gasteiger partial charge is 0.427 e. The lowest BCUT2D eigenvalue weighted by Crippen LogP contribution is -2.30. The van der Waals surface area contributed by atoms with Crippen LogP contribution >= 0.6 is 0 Å². The molecule has 0 radical (unpaired) electrons. The zero-order chi connectivity index (χ0) is 21.1. The molecule has 0 spiro atoms. The third kappa shape index (κ3) is 4.75. The van der Waals surface area contributed by atoms with E-state index >= 15 is 0 Å². The van der Waals surface area contributed by atoms with E-state index in [1.807, 2.05) is 6.92 Å². The van der Waals surface area contributed by atoms with Crippen molar-refractivity contribution in [2.24, 2.45) is 5.92 Å². The highest BCUT2D eigenvalue weighted by atomic mass is 16.4. The smallest absolute Gasteiger partial charge is 0.349 e. The number of aryl methyl sites for hydroxylation is 2. The van der Waals surface area contributed by atoms with Gasteiger partial charge in [0.25, 0.3) is 5.91 Å². The molecule has 29 heavy (non-hydrogen) atoms. The first kappa shape index (κ1) is 20.8. The average Bonchev–Trinajstić information content (AvgIpc) is 2.98. The topological polar surface area (TPSA) is 79.6 Å². The number of hydrogen-bond donors (Lipinski definition) is 1. The third-order valence-electron chi connectivity index (χ3n) is 5.28. The maximum atomic E-state index is 12.6. The van der Waals surface area contributed by atoms with Gasteiger partial charge in [-0.1, -0.05) is 13.8 Å². The number of nitrogens with zero attached hydrogens (tertiary/aromatic N) is 1. The maximum Gasteiger partial charge on any atom is 0.349 e. The van der Waals surface area contributed by atoms with E-state index in [0.717, 1.165) is 18.5 Å². The van der Waals surface area contributed by atoms with E-state index in [1.54, 1.807) is 42.2 Å². The summed E-state index contributed by atoms with van der Waals surface area (Å²) in [6, 6.07) is 9.02. The van der Waals surface area contributed by atoms with Crippen LogP contribution in [0.15, 0.2) is 39.5 Å². The Labute approximate surface area is 170 Å². The van der Waals surface area contributed by atoms with Crippen molar-refractivity contribution in [3.8, 4) is 0 Å². The van der Waals surface area contributed by atoms with Gasteiger partial charge in [0.1, 0.15) is 11.3 Å². The van der Waals surface area contributed by atoms with Crippen LogP contribution in [0.5, 0.6) is 0 Å². The number of nitrogens with one attached hydrogen (secondary N) is 1. The summed E-state index contributed by atoms with van der Waals surface area (Å²) in [6.07, 6.45) is 2.99. The fourth-order valence-corrected chi connectivity index (χ4v) is 3.63. The summed E-state index contributed by atoms with van der Waals surface area (Å²) in [5.41, 5.74) is 1.37. The van der Waals surface area contributed by atoms with Crippen LogP contribution in [0.1, 0.15) is 61.7 Å². The van der Waals surface area contributed by atoms with Crippen molar-refractivity contribution in [2.75, 3.05) is 10.2 Å². The Morgan fingerprint density at radius 2 is 1.93 bits per heavy atom. The Morgan fingerprint density at radius 1 is 1.24 bits per heavy atom. The molecule has 6 heteroatoms. The van der Waals surface area contributed by atoms with Crippen molar-refractivity contribution < 1.29 is 14.0 Å². The zero-order valence-electron chi connectivity index (χ0n) is 17.5. The second kappa shape index (κ2) is 8.64. The quantitative estimate of drug-likeness (QED) is 0.789. The minimum Gasteiger partial charge on any atom is -0.427 e. The van der Waals surface area contributed by atoms with Gasteiger partial charge in [0.05, 0.1) is 0 Å². The monoisotopic (exact) mass is 396 g/mol. The summed E-state index contributed by atoms with van der Waals surface area (Å²) in [6.45, 7) is 7.98. The molecule has 2 amide bonds. The first-order valence-electron chi connectivity index (χ1n) is 10.1. The molecule has 1 aliphatic heterocycles. The van der Waals surface area contributed by atoms with Crippen LogP contribution in [0.3, 0.4) is 0 Å². The lowest BCUT2D eigenvalue weighted by Gasteiger charge is -2.22. The summed E-state index contributed by atoms with van der Waals surface area (Å²) in [7, 11) is 0. The molecular weight excluding hydrogens is 368 g/mol. The van der Waals surface area contributed by atoms with E-state index in [2.05, 4.69) is 19.2 Å². The van der Waals surface area contributed by atoms with Crippen LogP contribution in [0, 0.1) is 12.8 Å². The number of benzene rings is 1. The molecule has 2 heterocycles. The molecule has 0 saturated carbocycles. The number of anilines is 2. The summed E-state index contributed by atoms with van der Waals surface area (Å²) < 4.78 is 5.35. The number of rotatable bonds is 6. The summed E-state index contributed by atoms with van der Waals surface area (Å²) >= 11 is 0. The van der Waals surface area contributed by atoms with Gasteiger partial charge in [-0.2, -0.15) is 0 Å². The Bertz CT molecular complexity index is 960. The minimum absolute atomic E-state index is 0.0192. The van der Waals surface area contributed by atoms with Gasteiger partial charge in [-0.15, -0.1) is 0 Å². The second-order valence-electron chi connectivity index (χ2n) is 8.14. The van der Waals surface area contributed by atoms with Crippen LogP contribution in [0.4, 0.5) is 11.4 Å². The zero-order valence-corrected chi connectivity index (χ0v) is 17.5. The van der Waals surface area contributed by atoms with E-state index in [9.17, 15) is 14.4 Å². The summed E-state index contributed by atoms with van der Waals surface area (Å²) in [4.78, 5) is 38.8. The molecule has 1 fully saturated rings. The van der Waals surface area contributed by atoms with Gasteiger partial charge in [0, 0.05) is 30.3 Å². The van der Waals surface area contributed by atoms with Crippen molar-refractivity contribution >= 4 is 23.2 Å². The number of amides is 2. The molecule has 2 aromatic rings. The van der Waals surface area contributed by atoms with Gasteiger partial charge >= 0.3 is 5.63 Å². The Balaban J connectivity index is 1.73. The fourth-order valence-electron chi connectivity index (χ4n) is 3.63. The van der Waals surface area contributed by atoms with Crippen molar-refractivity contribution in [3.63, 3.8) is 0 Å². The highest BCUT2D eigenvalue weighted by molar-refractivity contribution is 6.05. The average molecular weight is 396 g/mol. The van der Waals surface area contributed by atoms with Gasteiger partial charge in [-0.25, -0.2) is 4.79 Å². The van der Waals surface area contributed by atoms with Crippen molar-refractivity contribution in [1.82, 2.24) is 0 Å². The number of carbonyl (C=O) groups excluding carboxylic acids is 2. The number of hydrogen-bond acceptors (Lipinski definition) is 4. The molecule has 1 aromatic carbocycles. The molecule has 1 atom stereocenters. The summed E-state index contributed by atoms with van der Waals surface area (Å²) in [5.74, 6) is 0.724. The van der Waals surface area contributed by atoms with E-state index in [0.29, 0.717) is 35.8 Å². The van der Waals surface area contributed by atoms with E-state index in [1.165, 1.54) is 0 Å². The van der Waals surface area contributed by atoms with Crippen LogP contribution in [-0.2, 0) is 11.2 Å². The van der Waals surface area contributed by atoms with Crippen molar-refractivity contribution in [1.29, 1.82) is 0 Å². The van der Waals surface area contributed by atoms with Crippen LogP contribution in [0.25, 0.3) is 0 Å². The molecule has 154 valence electrons. The van der Waals surface area contributed by atoms with E-state index in [4.69, 9.17) is 4.42 Å². The lowest BCUT2D eigenvalue weighted by molar-refractivity contribution is -0.117. The first-order valence-corrected chi connectivity index (χ1v) is 10.1. The molecule has 1 aromatic heterocycles. The van der Waals surface area contributed by atoms with Crippen LogP contribution in [0.2, 0.25) is 0 Å². The molecular formula is C23H28N2O4. The molecule has 6 nitrogen and oxygen atoms in total. The Morgan fingerprint density at radius 3 is 2.48 bits per heavy atom. The maximum absolute atomic E-state index is 12.6. The predicted octanol–water partition coefficient (Wildman–Crippen LogP) is 4.30. The number of carbonyl (C=O) groups is 2. The molecule has 0 aliphatic carbocycles. The highest BCUT2D eigenvalue weighted by Crippen LogP contribution is 2.27. The normalized spacial score (nSPS) is 16.5. The predicted molar refractivity (Wildman–Crippen MR) is 113 cm³/mol. The molecule has 1 saturated heterocycles. The highest BCUT2D eigenvalue weighted by Gasteiger charge is 2.28. The SMILES string of the molecule is Cc1cc(CCC(C)C)oc(=O)c1C(=O)Nc1ccc(N2C(=O)CCC2C)cc1. The third-order valence-corrected chi connectivity index (χ3v) is 5.28. The van der Waals surface area contributed by atoms with Gasteiger partial charge in [-0.3, -0.25) is 9.59 Å². The van der Waals surface area contributed by atoms with E-state index in [-0.39, 0.29) is 17.5 Å². The fraction of sp³-hybridized carbons (Fsp3) is 0.435. The molecule has 1 N–H and O–H groups in total.